The van der Waals surface area contributed by atoms with E-state index in [0.717, 1.165) is 73.9 Å². The molecular weight excluding hydrogens is 1320 g/mol. The summed E-state index contributed by atoms with van der Waals surface area (Å²) in [4.78, 5) is 62.3. The number of amides is 3. The lowest BCUT2D eigenvalue weighted by atomic mass is 9.75. The molecule has 2 N–H and O–H groups in total. The molecule has 0 atom stereocenters. The van der Waals surface area contributed by atoms with Crippen LogP contribution in [0.4, 0.5) is 30.7 Å². The summed E-state index contributed by atoms with van der Waals surface area (Å²) in [6.07, 6.45) is -1.20. The number of aliphatic hydroxyl groups is 1. The Hall–Kier alpha value is -7.38. The minimum absolute atomic E-state index is 0. The number of methoxy groups -OCH3 is 1. The molecule has 100 heavy (non-hydrogen) atoms. The summed E-state index contributed by atoms with van der Waals surface area (Å²) in [6, 6.07) is 24.9. The molecule has 7 aliphatic rings. The molecule has 546 valence electrons. The zero-order valence-electron chi connectivity index (χ0n) is 58.6. The number of likely N-dealkylation sites (tertiary alicyclic amines) is 3. The predicted molar refractivity (Wildman–Crippen MR) is 370 cm³/mol. The molecular formula is C75H97ClF7N9O8. The van der Waals surface area contributed by atoms with Crippen molar-refractivity contribution in [3.8, 4) is 17.2 Å². The van der Waals surface area contributed by atoms with Crippen LogP contribution in [0.25, 0.3) is 0 Å². The summed E-state index contributed by atoms with van der Waals surface area (Å²) in [5, 5.41) is 14.4. The van der Waals surface area contributed by atoms with Gasteiger partial charge in [-0.15, -0.1) is 0 Å². The molecule has 9 heterocycles. The van der Waals surface area contributed by atoms with Gasteiger partial charge >= 0.3 is 12.4 Å². The number of unbranched alkanes of at least 4 members (excludes halogenated alkanes) is 1. The van der Waals surface area contributed by atoms with Gasteiger partial charge in [0, 0.05) is 121 Å². The molecule has 17 nitrogen and oxygen atoms in total. The third-order valence-electron chi connectivity index (χ3n) is 21.7. The SMILES string of the molecule is CC(C)Oc1ccc(C(=O)N2CCC3(CC2)c2ccc(C(=O)C(C)(C)C)n2CCN3C)cc1Cl.CCCCOc1cc(C(=O)N2CCC3(CC2)NCCn2c(C(F)(F)F)ccc23)ccc1OC.CN1CCn2c(C(F)(F)F)cc(F)c2C12CCN(C(=O)c1ccc(C3(O)CCC3)cc1)CC2.[HH].[HH]. The average molecular weight is 1420 g/mol. The lowest BCUT2D eigenvalue weighted by Crippen LogP contribution is -2.57. The first-order valence-corrected chi connectivity index (χ1v) is 35.3. The van der Waals surface area contributed by atoms with Crippen LogP contribution in [0, 0.1) is 11.2 Å². The van der Waals surface area contributed by atoms with Crippen molar-refractivity contribution in [1.29, 1.82) is 0 Å². The second-order valence-electron chi connectivity index (χ2n) is 29.1. The molecule has 1 aliphatic carbocycles. The number of nitrogens with zero attached hydrogens (tertiary/aromatic N) is 8. The molecule has 4 fully saturated rings. The Labute approximate surface area is 588 Å². The summed E-state index contributed by atoms with van der Waals surface area (Å²) in [6.45, 7) is 18.2. The Bertz CT molecular complexity index is 3970. The first-order valence-electron chi connectivity index (χ1n) is 34.9. The molecule has 3 aromatic heterocycles. The maximum atomic E-state index is 14.9. The fourth-order valence-corrected chi connectivity index (χ4v) is 16.0. The number of carbonyl (C=O) groups is 4. The molecule has 1 saturated carbocycles. The standard InChI is InChI=1S/C27H36ClN3O3.C24H27F4N3O2.C24H30F3N3O3.2H2/c1-18(2)34-22-9-7-19(17-20(22)28)25(33)30-13-11-27(12-14-30)23-10-8-21(24(32)26(3,4)5)31(23)16-15-29(27)6;1-29-13-14-31-19(24(26,27)28)15-18(25)20(31)22(29)9-11-30(12-10-22)21(32)16-3-5-17(6-4-16)23(33)7-2-8-23;1-3-4-15-33-19-16-17(5-6-18(19)32-2)22(31)29-12-9-23(10-13-29)20-7-8-21(24(25,26)27)30(20)14-11-28-23;;/h7-10,17-18H,11-16H2,1-6H3;3-6,15,33H,2,7-14H2,1H3;5-8,16,28H,3-4,9-15H2,1-2H3;2*1H. The molecule has 13 rings (SSSR count). The molecule has 0 bridgehead atoms. The monoisotopic (exact) mass is 1420 g/mol. The topological polar surface area (TPSA) is 159 Å². The smallest absolute Gasteiger partial charge is 0.431 e. The van der Waals surface area contributed by atoms with E-state index in [1.165, 1.54) is 16.3 Å². The first-order chi connectivity index (χ1) is 47.3. The normalized spacial score (nSPS) is 19.4. The Morgan fingerprint density at radius 1 is 0.600 bits per heavy atom. The number of likely N-dealkylation sites (N-methyl/N-ethyl adjacent to an activating group) is 2. The van der Waals surface area contributed by atoms with Gasteiger partial charge in [0.1, 0.15) is 23.0 Å². The van der Waals surface area contributed by atoms with Crippen molar-refractivity contribution in [3.05, 3.63) is 158 Å². The molecule has 3 amide bonds. The number of ether oxygens (including phenoxy) is 3. The molecule has 0 radical (unpaired) electrons. The molecule has 0 unspecified atom stereocenters. The average Bonchev–Trinajstić information content (AvgIpc) is 1.52. The van der Waals surface area contributed by atoms with E-state index < -0.39 is 51.7 Å². The van der Waals surface area contributed by atoms with Gasteiger partial charge in [-0.3, -0.25) is 29.0 Å². The first kappa shape index (κ1) is 73.8. The highest BCUT2D eigenvalue weighted by Crippen LogP contribution is 2.48. The summed E-state index contributed by atoms with van der Waals surface area (Å²) in [5.41, 5.74) is 0.770. The van der Waals surface area contributed by atoms with Crippen LogP contribution in [0.5, 0.6) is 17.2 Å². The van der Waals surface area contributed by atoms with E-state index in [-0.39, 0.29) is 56.8 Å². The van der Waals surface area contributed by atoms with E-state index in [1.54, 1.807) is 83.6 Å². The van der Waals surface area contributed by atoms with Gasteiger partial charge in [0.15, 0.2) is 17.3 Å². The molecule has 25 heteroatoms. The van der Waals surface area contributed by atoms with Crippen LogP contribution < -0.4 is 19.5 Å². The van der Waals surface area contributed by atoms with E-state index in [1.807, 2.05) is 57.5 Å². The fourth-order valence-electron chi connectivity index (χ4n) is 15.8. The Morgan fingerprint density at radius 2 is 1.13 bits per heavy atom. The van der Waals surface area contributed by atoms with E-state index in [0.29, 0.717) is 135 Å². The summed E-state index contributed by atoms with van der Waals surface area (Å²) in [7, 11) is 5.53. The number of hydrogen-bond acceptors (Lipinski definition) is 11. The van der Waals surface area contributed by atoms with Crippen LogP contribution in [-0.4, -0.2) is 160 Å². The molecule has 6 aromatic rings. The van der Waals surface area contributed by atoms with Gasteiger partial charge in [0.2, 0.25) is 0 Å². The van der Waals surface area contributed by atoms with E-state index in [4.69, 9.17) is 25.8 Å². The van der Waals surface area contributed by atoms with Crippen molar-refractivity contribution in [2.24, 2.45) is 5.41 Å². The van der Waals surface area contributed by atoms with Gasteiger partial charge in [-0.05, 0) is 171 Å². The van der Waals surface area contributed by atoms with Crippen molar-refractivity contribution in [1.82, 2.24) is 43.5 Å². The highest BCUT2D eigenvalue weighted by Gasteiger charge is 2.51. The van der Waals surface area contributed by atoms with Crippen LogP contribution in [0.15, 0.2) is 91.0 Å². The van der Waals surface area contributed by atoms with Gasteiger partial charge in [-0.1, -0.05) is 57.8 Å². The molecule has 3 spiro atoms. The van der Waals surface area contributed by atoms with Crippen molar-refractivity contribution in [3.63, 3.8) is 0 Å². The fraction of sp³-hybridized carbons (Fsp3) is 0.547. The molecule has 6 aliphatic heterocycles. The zero-order valence-corrected chi connectivity index (χ0v) is 59.4. The van der Waals surface area contributed by atoms with E-state index in [9.17, 15) is 55.0 Å². The van der Waals surface area contributed by atoms with Crippen LogP contribution in [-0.2, 0) is 54.2 Å². The number of aromatic nitrogens is 3. The highest BCUT2D eigenvalue weighted by molar-refractivity contribution is 6.32. The minimum atomic E-state index is -4.62. The maximum absolute atomic E-state index is 14.9. The number of alkyl halides is 6. The Morgan fingerprint density at radius 3 is 1.67 bits per heavy atom. The second-order valence-corrected chi connectivity index (χ2v) is 29.5. The quantitative estimate of drug-likeness (QED) is 0.0682. The zero-order chi connectivity index (χ0) is 72.1. The molecule has 3 aromatic carbocycles. The number of hydrogen-bond donors (Lipinski definition) is 2. The number of carbonyl (C=O) groups excluding carboxylic acids is 4. The van der Waals surface area contributed by atoms with Crippen LogP contribution in [0.1, 0.15) is 191 Å². The third kappa shape index (κ3) is 14.4. The van der Waals surface area contributed by atoms with Gasteiger partial charge in [0.25, 0.3) is 17.7 Å². The number of fused-ring (bicyclic) bond motifs is 6. The van der Waals surface area contributed by atoms with Gasteiger partial charge in [0.05, 0.1) is 58.4 Å². The van der Waals surface area contributed by atoms with E-state index >= 15 is 0 Å². The highest BCUT2D eigenvalue weighted by atomic mass is 35.5. The van der Waals surface area contributed by atoms with Crippen LogP contribution in [0.2, 0.25) is 5.02 Å². The van der Waals surface area contributed by atoms with Crippen molar-refractivity contribution >= 4 is 35.1 Å². The minimum Gasteiger partial charge on any atom is -0.493 e. The van der Waals surface area contributed by atoms with Crippen molar-refractivity contribution in [2.45, 2.75) is 172 Å². The molecule has 3 saturated heterocycles. The van der Waals surface area contributed by atoms with Gasteiger partial charge in [-0.25, -0.2) is 4.39 Å². The van der Waals surface area contributed by atoms with Gasteiger partial charge in [-0.2, -0.15) is 26.3 Å². The predicted octanol–water partition coefficient (Wildman–Crippen LogP) is 14.2. The Balaban J connectivity index is 0.000000176. The lowest BCUT2D eigenvalue weighted by Gasteiger charge is -2.50. The number of Topliss-reactive ketones (excluding diaryl/α,β-unsaturated/α-hetero) is 1. The summed E-state index contributed by atoms with van der Waals surface area (Å²) in [5.74, 6) is 0.759. The number of benzene rings is 3. The largest absolute Gasteiger partial charge is 0.493 e. The van der Waals surface area contributed by atoms with E-state index in [2.05, 4.69) is 34.8 Å². The third-order valence-corrected chi connectivity index (χ3v) is 22.0. The number of piperidine rings is 3. The Kier molecular flexibility index (Phi) is 21.3. The maximum Gasteiger partial charge on any atom is 0.431 e. The number of ketones is 1. The van der Waals surface area contributed by atoms with Crippen molar-refractivity contribution < 1.29 is 72.1 Å². The van der Waals surface area contributed by atoms with Crippen LogP contribution >= 0.6 is 11.6 Å². The lowest BCUT2D eigenvalue weighted by molar-refractivity contribution is -0.145. The summed E-state index contributed by atoms with van der Waals surface area (Å²) >= 11 is 6.38. The van der Waals surface area contributed by atoms with Crippen LogP contribution in [0.3, 0.4) is 0 Å². The second kappa shape index (κ2) is 28.8. The number of halogens is 8. The summed E-state index contributed by atoms with van der Waals surface area (Å²) < 4.78 is 117. The number of nitrogens with one attached hydrogen (secondary N) is 1. The van der Waals surface area contributed by atoms with Crippen molar-refractivity contribution in [2.75, 3.05) is 86.7 Å². The van der Waals surface area contributed by atoms with Gasteiger partial charge < -0.3 is 53.0 Å². The number of rotatable bonds is 12.